The summed E-state index contributed by atoms with van der Waals surface area (Å²) < 4.78 is 0. The number of hydrogen-bond acceptors (Lipinski definition) is 1. The minimum atomic E-state index is -0.791. The van der Waals surface area contributed by atoms with E-state index in [9.17, 15) is 4.79 Å². The van der Waals surface area contributed by atoms with E-state index in [-0.39, 0.29) is 22.6 Å². The van der Waals surface area contributed by atoms with Crippen molar-refractivity contribution in [3.8, 4) is 0 Å². The van der Waals surface area contributed by atoms with Gasteiger partial charge >= 0.3 is 5.97 Å². The van der Waals surface area contributed by atoms with Gasteiger partial charge in [-0.3, -0.25) is 4.79 Å². The van der Waals surface area contributed by atoms with Crippen molar-refractivity contribution >= 4 is 29.2 Å². The van der Waals surface area contributed by atoms with Gasteiger partial charge in [-0.2, -0.15) is 0 Å². The molecular weight excluding hydrogens is 223 g/mol. The quantitative estimate of drug-likeness (QED) is 0.592. The zero-order valence-corrected chi connectivity index (χ0v) is 9.50. The second-order valence-corrected chi connectivity index (χ2v) is 4.76. The molecule has 0 spiro atoms. The van der Waals surface area contributed by atoms with Crippen molar-refractivity contribution in [3.05, 3.63) is 12.2 Å². The van der Waals surface area contributed by atoms with Crippen molar-refractivity contribution in [3.63, 3.8) is 0 Å². The third-order valence-corrected chi connectivity index (χ3v) is 3.56. The van der Waals surface area contributed by atoms with Gasteiger partial charge in [0.15, 0.2) is 0 Å². The molecule has 0 heterocycles. The predicted molar refractivity (Wildman–Crippen MR) is 57.9 cm³/mol. The molecule has 2 nitrogen and oxygen atoms in total. The van der Waals surface area contributed by atoms with E-state index in [1.54, 1.807) is 0 Å². The van der Waals surface area contributed by atoms with Crippen LogP contribution in [-0.4, -0.2) is 21.8 Å². The number of carboxylic acid groups (broad SMARTS) is 1. The number of carboxylic acids is 1. The molecule has 2 unspecified atom stereocenters. The van der Waals surface area contributed by atoms with Crippen LogP contribution >= 0.6 is 23.2 Å². The van der Waals surface area contributed by atoms with E-state index in [0.29, 0.717) is 12.8 Å². The van der Waals surface area contributed by atoms with Gasteiger partial charge in [0.1, 0.15) is 0 Å². The number of hydrogen-bond donors (Lipinski definition) is 1. The largest absolute Gasteiger partial charge is 0.481 e. The molecule has 0 saturated heterocycles. The molecule has 0 radical (unpaired) electrons. The van der Waals surface area contributed by atoms with Crippen molar-refractivity contribution in [1.82, 2.24) is 0 Å². The fourth-order valence-electron chi connectivity index (χ4n) is 1.85. The van der Waals surface area contributed by atoms with Crippen LogP contribution in [0.2, 0.25) is 0 Å². The van der Waals surface area contributed by atoms with E-state index in [0.717, 1.165) is 0 Å². The number of alkyl halides is 2. The molecule has 2 atom stereocenters. The lowest BCUT2D eigenvalue weighted by Gasteiger charge is -2.32. The van der Waals surface area contributed by atoms with Crippen molar-refractivity contribution in [2.75, 3.05) is 0 Å². The van der Waals surface area contributed by atoms with Crippen molar-refractivity contribution < 1.29 is 9.90 Å². The number of aliphatic carboxylic acids is 1. The molecule has 80 valence electrons. The lowest BCUT2D eigenvalue weighted by atomic mass is 9.81. The normalized spacial score (nSPS) is 38.8. The number of carbonyl (C=O) groups is 1. The molecule has 0 bridgehead atoms. The molecule has 0 amide bonds. The SMILES string of the molecule is CC=CC1C(Cl)CC(C(=O)O)CC1Cl. The van der Waals surface area contributed by atoms with Crippen LogP contribution in [0.15, 0.2) is 12.2 Å². The molecule has 1 rings (SSSR count). The molecule has 1 fully saturated rings. The van der Waals surface area contributed by atoms with E-state index in [2.05, 4.69) is 0 Å². The molecular formula is C10H14Cl2O2. The topological polar surface area (TPSA) is 37.3 Å². The molecule has 0 aromatic heterocycles. The standard InChI is InChI=1S/C10H14Cl2O2/c1-2-3-7-8(11)4-6(10(13)14)5-9(7)12/h2-3,6-9H,4-5H2,1H3,(H,13,14). The van der Waals surface area contributed by atoms with E-state index in [1.165, 1.54) is 0 Å². The van der Waals surface area contributed by atoms with E-state index < -0.39 is 5.97 Å². The maximum atomic E-state index is 10.8. The van der Waals surface area contributed by atoms with Crippen LogP contribution in [0.3, 0.4) is 0 Å². The van der Waals surface area contributed by atoms with Gasteiger partial charge in [-0.15, -0.1) is 23.2 Å². The first-order chi connectivity index (χ1) is 6.56. The van der Waals surface area contributed by atoms with Gasteiger partial charge < -0.3 is 5.11 Å². The zero-order valence-electron chi connectivity index (χ0n) is 7.99. The second-order valence-electron chi connectivity index (χ2n) is 3.64. The minimum Gasteiger partial charge on any atom is -0.481 e. The number of rotatable bonds is 2. The predicted octanol–water partition coefficient (Wildman–Crippen LogP) is 2.89. The molecule has 14 heavy (non-hydrogen) atoms. The Bertz CT molecular complexity index is 228. The van der Waals surface area contributed by atoms with E-state index in [4.69, 9.17) is 28.3 Å². The van der Waals surface area contributed by atoms with Gasteiger partial charge in [0.2, 0.25) is 0 Å². The Hall–Kier alpha value is -0.210. The van der Waals surface area contributed by atoms with Crippen LogP contribution in [0.1, 0.15) is 19.8 Å². The summed E-state index contributed by atoms with van der Waals surface area (Å²) in [7, 11) is 0. The monoisotopic (exact) mass is 236 g/mol. The van der Waals surface area contributed by atoms with Gasteiger partial charge in [-0.05, 0) is 19.8 Å². The van der Waals surface area contributed by atoms with E-state index in [1.807, 2.05) is 19.1 Å². The molecule has 0 aromatic rings. The molecule has 1 aliphatic rings. The fraction of sp³-hybridized carbons (Fsp3) is 0.700. The number of halogens is 2. The summed E-state index contributed by atoms with van der Waals surface area (Å²) in [4.78, 5) is 10.8. The molecule has 1 N–H and O–H groups in total. The molecule has 0 aliphatic heterocycles. The van der Waals surface area contributed by atoms with E-state index >= 15 is 0 Å². The Morgan fingerprint density at radius 1 is 1.36 bits per heavy atom. The highest BCUT2D eigenvalue weighted by atomic mass is 35.5. The van der Waals surface area contributed by atoms with Crippen molar-refractivity contribution in [1.29, 1.82) is 0 Å². The Labute approximate surface area is 93.9 Å². The average Bonchev–Trinajstić information content (AvgIpc) is 2.10. The summed E-state index contributed by atoms with van der Waals surface area (Å²) in [5, 5.41) is 8.53. The van der Waals surface area contributed by atoms with Gasteiger partial charge in [-0.25, -0.2) is 0 Å². The summed E-state index contributed by atoms with van der Waals surface area (Å²) in [6, 6.07) is 0. The van der Waals surface area contributed by atoms with Crippen molar-refractivity contribution in [2.24, 2.45) is 11.8 Å². The lowest BCUT2D eigenvalue weighted by Crippen LogP contribution is -2.36. The molecule has 1 saturated carbocycles. The fourth-order valence-corrected chi connectivity index (χ4v) is 2.87. The third-order valence-electron chi connectivity index (χ3n) is 2.62. The van der Waals surface area contributed by atoms with Gasteiger partial charge in [-0.1, -0.05) is 12.2 Å². The first-order valence-electron chi connectivity index (χ1n) is 4.70. The van der Waals surface area contributed by atoms with Crippen LogP contribution in [0.4, 0.5) is 0 Å². The highest BCUT2D eigenvalue weighted by Gasteiger charge is 2.37. The molecule has 4 heteroatoms. The Balaban J connectivity index is 2.67. The first-order valence-corrected chi connectivity index (χ1v) is 5.57. The highest BCUT2D eigenvalue weighted by Crippen LogP contribution is 2.36. The Morgan fingerprint density at radius 2 is 1.86 bits per heavy atom. The summed E-state index contributed by atoms with van der Waals surface area (Å²) in [6.07, 6.45) is 4.90. The average molecular weight is 237 g/mol. The summed E-state index contributed by atoms with van der Waals surface area (Å²) in [6.45, 7) is 1.91. The van der Waals surface area contributed by atoms with Crippen LogP contribution in [0.25, 0.3) is 0 Å². The smallest absolute Gasteiger partial charge is 0.306 e. The van der Waals surface area contributed by atoms with Crippen LogP contribution in [0.5, 0.6) is 0 Å². The molecule has 0 aromatic carbocycles. The summed E-state index contributed by atoms with van der Waals surface area (Å²) in [5.41, 5.74) is 0. The molecule has 1 aliphatic carbocycles. The maximum absolute atomic E-state index is 10.8. The highest BCUT2D eigenvalue weighted by molar-refractivity contribution is 6.24. The van der Waals surface area contributed by atoms with Gasteiger partial charge in [0, 0.05) is 16.7 Å². The van der Waals surface area contributed by atoms with Crippen LogP contribution < -0.4 is 0 Å². The van der Waals surface area contributed by atoms with Crippen LogP contribution in [-0.2, 0) is 4.79 Å². The lowest BCUT2D eigenvalue weighted by molar-refractivity contribution is -0.142. The Kier molecular flexibility index (Phi) is 4.27. The third kappa shape index (κ3) is 2.64. The van der Waals surface area contributed by atoms with Gasteiger partial charge in [0.25, 0.3) is 0 Å². The summed E-state index contributed by atoms with van der Waals surface area (Å²) >= 11 is 12.2. The summed E-state index contributed by atoms with van der Waals surface area (Å²) in [5.74, 6) is -1.08. The van der Waals surface area contributed by atoms with Crippen LogP contribution in [0, 0.1) is 11.8 Å². The van der Waals surface area contributed by atoms with Crippen molar-refractivity contribution in [2.45, 2.75) is 30.5 Å². The maximum Gasteiger partial charge on any atom is 0.306 e. The van der Waals surface area contributed by atoms with Gasteiger partial charge in [0.05, 0.1) is 5.92 Å². The first kappa shape index (κ1) is 11.9. The Morgan fingerprint density at radius 3 is 2.21 bits per heavy atom. The minimum absolute atomic E-state index is 0.0962. The zero-order chi connectivity index (χ0) is 10.7. The second kappa shape index (κ2) is 5.04. The number of allylic oxidation sites excluding steroid dienone is 2.